The quantitative estimate of drug-likeness (QED) is 0.199. The van der Waals surface area contributed by atoms with Gasteiger partial charge in [0.05, 0.1) is 5.88 Å². The van der Waals surface area contributed by atoms with Crippen molar-refractivity contribution in [3.8, 4) is 22.6 Å². The van der Waals surface area contributed by atoms with Crippen molar-refractivity contribution in [3.05, 3.63) is 47.0 Å². The van der Waals surface area contributed by atoms with Crippen LogP contribution in [0.2, 0.25) is 16.6 Å². The second-order valence-electron chi connectivity index (χ2n) is 10.4. The number of rotatable bonds is 5. The smallest absolute Gasteiger partial charge is 0.178 e. The highest BCUT2D eigenvalue weighted by molar-refractivity contribution is 6.90. The van der Waals surface area contributed by atoms with Crippen molar-refractivity contribution in [2.24, 2.45) is 0 Å². The fourth-order valence-corrected chi connectivity index (χ4v) is 10.2. The Morgan fingerprint density at radius 1 is 0.933 bits per heavy atom. The highest BCUT2D eigenvalue weighted by Gasteiger charge is 2.41. The van der Waals surface area contributed by atoms with Crippen molar-refractivity contribution in [2.75, 3.05) is 5.88 Å². The van der Waals surface area contributed by atoms with Crippen molar-refractivity contribution >= 4 is 25.5 Å². The van der Waals surface area contributed by atoms with Crippen LogP contribution >= 0.6 is 11.6 Å². The molecule has 0 heterocycles. The molecule has 0 radical (unpaired) electrons. The maximum Gasteiger partial charge on any atom is 0.178 e. The summed E-state index contributed by atoms with van der Waals surface area (Å²) in [5, 5.41) is 0. The first-order valence-electron chi connectivity index (χ1n) is 11.1. The highest BCUT2D eigenvalue weighted by Crippen LogP contribution is 2.41. The summed E-state index contributed by atoms with van der Waals surface area (Å²) in [6.45, 7) is 20.5. The lowest BCUT2D eigenvalue weighted by Crippen LogP contribution is -2.43. The Labute approximate surface area is 190 Å². The van der Waals surface area contributed by atoms with E-state index < -0.39 is 8.07 Å². The molecule has 30 heavy (non-hydrogen) atoms. The van der Waals surface area contributed by atoms with Crippen molar-refractivity contribution < 1.29 is 4.79 Å². The summed E-state index contributed by atoms with van der Waals surface area (Å²) in [6.07, 6.45) is 0. The largest absolute Gasteiger partial charge is 0.293 e. The molecule has 0 aromatic heterocycles. The fourth-order valence-electron chi connectivity index (χ4n) is 4.87. The minimum atomic E-state index is -1.86. The van der Waals surface area contributed by atoms with Gasteiger partial charge < -0.3 is 0 Å². The molecule has 3 heteroatoms. The second kappa shape index (κ2) is 9.29. The molecule has 0 bridgehead atoms. The van der Waals surface area contributed by atoms with Crippen LogP contribution in [0.25, 0.3) is 11.1 Å². The second-order valence-corrected chi connectivity index (χ2v) is 16.2. The van der Waals surface area contributed by atoms with Gasteiger partial charge in [-0.3, -0.25) is 4.79 Å². The van der Waals surface area contributed by atoms with Gasteiger partial charge in [0.15, 0.2) is 5.78 Å². The number of fused-ring (bicyclic) bond motifs is 1. The number of Topliss-reactive ketones (excluding diaryl/α,β-unsaturated/α-hetero) is 1. The standard InChI is InChI=1S/C27H37ClOSi/c1-18(2)30(19(3)4,20(5)6)15-14-21-16-25(26(29)17-28)24-13-11-22(27(7,8)9)10-12-23(21)24/h10-13,16,18-20H,17H2,1-9H3. The molecule has 1 nitrogen and oxygen atoms in total. The normalized spacial score (nSPS) is 12.6. The van der Waals surface area contributed by atoms with E-state index in [1.807, 2.05) is 6.07 Å². The van der Waals surface area contributed by atoms with Crippen LogP contribution in [0.4, 0.5) is 0 Å². The molecule has 0 saturated heterocycles. The molecule has 0 aliphatic heterocycles. The van der Waals surface area contributed by atoms with Crippen LogP contribution < -0.4 is 0 Å². The van der Waals surface area contributed by atoms with Crippen molar-refractivity contribution in [1.29, 1.82) is 0 Å². The predicted octanol–water partition coefficient (Wildman–Crippen LogP) is 8.08. The Morgan fingerprint density at radius 3 is 1.87 bits per heavy atom. The predicted molar refractivity (Wildman–Crippen MR) is 135 cm³/mol. The van der Waals surface area contributed by atoms with Gasteiger partial charge in [0.2, 0.25) is 0 Å². The van der Waals surface area contributed by atoms with Gasteiger partial charge in [0.1, 0.15) is 8.07 Å². The fraction of sp³-hybridized carbons (Fsp3) is 0.519. The molecule has 0 spiro atoms. The van der Waals surface area contributed by atoms with Crippen LogP contribution in [0.15, 0.2) is 30.3 Å². The third kappa shape index (κ3) is 4.68. The zero-order valence-corrected chi connectivity index (χ0v) is 21.9. The molecule has 0 N–H and O–H groups in total. The number of carbonyl (C=O) groups is 1. The molecule has 0 atom stereocenters. The number of carbonyl (C=O) groups excluding carboxylic acids is 1. The van der Waals surface area contributed by atoms with Crippen LogP contribution in [-0.4, -0.2) is 19.7 Å². The molecule has 0 amide bonds. The first-order chi connectivity index (χ1) is 13.9. The Morgan fingerprint density at radius 2 is 1.43 bits per heavy atom. The Bertz CT molecular complexity index is 916. The average Bonchev–Trinajstić information content (AvgIpc) is 2.82. The first kappa shape index (κ1) is 24.7. The summed E-state index contributed by atoms with van der Waals surface area (Å²) >= 11 is 5.93. The molecular formula is C27H37ClOSi. The van der Waals surface area contributed by atoms with Gasteiger partial charge in [-0.1, -0.05) is 92.5 Å². The molecule has 2 aliphatic carbocycles. The summed E-state index contributed by atoms with van der Waals surface area (Å²) in [7, 11) is -1.86. The van der Waals surface area contributed by atoms with E-state index in [-0.39, 0.29) is 17.1 Å². The Balaban J connectivity index is 2.77. The van der Waals surface area contributed by atoms with Gasteiger partial charge in [-0.15, -0.1) is 17.1 Å². The molecule has 162 valence electrons. The number of alkyl halides is 1. The van der Waals surface area contributed by atoms with E-state index >= 15 is 0 Å². The maximum atomic E-state index is 12.6. The third-order valence-electron chi connectivity index (χ3n) is 6.59. The lowest BCUT2D eigenvalue weighted by Gasteiger charge is -2.38. The highest BCUT2D eigenvalue weighted by atomic mass is 35.5. The van der Waals surface area contributed by atoms with E-state index in [9.17, 15) is 4.79 Å². The molecule has 0 aromatic rings. The molecule has 0 fully saturated rings. The molecular weight excluding hydrogens is 404 g/mol. The van der Waals surface area contributed by atoms with E-state index in [2.05, 4.69) is 98.0 Å². The van der Waals surface area contributed by atoms with Crippen LogP contribution in [0.5, 0.6) is 0 Å². The Kier molecular flexibility index (Phi) is 7.65. The number of hydrogen-bond donors (Lipinski definition) is 0. The summed E-state index contributed by atoms with van der Waals surface area (Å²) in [5.41, 5.74) is 10.4. The number of halogens is 1. The van der Waals surface area contributed by atoms with Gasteiger partial charge in [0, 0.05) is 11.1 Å². The van der Waals surface area contributed by atoms with Crippen molar-refractivity contribution in [3.63, 3.8) is 0 Å². The molecule has 0 aromatic carbocycles. The van der Waals surface area contributed by atoms with Gasteiger partial charge in [0.25, 0.3) is 0 Å². The van der Waals surface area contributed by atoms with E-state index in [0.29, 0.717) is 22.2 Å². The van der Waals surface area contributed by atoms with Gasteiger partial charge in [-0.05, 0) is 44.8 Å². The maximum absolute atomic E-state index is 12.6. The molecule has 0 unspecified atom stereocenters. The van der Waals surface area contributed by atoms with E-state index in [0.717, 1.165) is 16.7 Å². The molecule has 0 saturated carbocycles. The minimum Gasteiger partial charge on any atom is -0.293 e. The van der Waals surface area contributed by atoms with E-state index in [4.69, 9.17) is 11.6 Å². The summed E-state index contributed by atoms with van der Waals surface area (Å²) in [6, 6.07) is 10.5. The Hall–Kier alpha value is -1.56. The van der Waals surface area contributed by atoms with Crippen LogP contribution in [0, 0.1) is 11.5 Å². The molecule has 2 aliphatic rings. The zero-order valence-electron chi connectivity index (χ0n) is 20.1. The number of hydrogen-bond acceptors (Lipinski definition) is 1. The minimum absolute atomic E-state index is 0.0145. The van der Waals surface area contributed by atoms with Gasteiger partial charge >= 0.3 is 0 Å². The molecule has 2 rings (SSSR count). The number of ketones is 1. The lowest BCUT2D eigenvalue weighted by atomic mass is 9.88. The van der Waals surface area contributed by atoms with Crippen LogP contribution in [-0.2, 0) is 5.41 Å². The van der Waals surface area contributed by atoms with Crippen molar-refractivity contribution in [1.82, 2.24) is 0 Å². The van der Waals surface area contributed by atoms with Crippen molar-refractivity contribution in [2.45, 2.75) is 84.4 Å². The monoisotopic (exact) mass is 440 g/mol. The summed E-state index contributed by atoms with van der Waals surface area (Å²) < 4.78 is 0. The van der Waals surface area contributed by atoms with E-state index in [1.165, 1.54) is 5.56 Å². The first-order valence-corrected chi connectivity index (χ1v) is 13.8. The van der Waals surface area contributed by atoms with Crippen LogP contribution in [0.1, 0.15) is 83.8 Å². The SMILES string of the molecule is CC(C)[Si](C#Cc1cc(C(=O)CCl)c2ccc(C(C)(C)C)ccc1-2)(C(C)C)C(C)C. The van der Waals surface area contributed by atoms with Crippen LogP contribution in [0.3, 0.4) is 0 Å². The van der Waals surface area contributed by atoms with Gasteiger partial charge in [-0.25, -0.2) is 0 Å². The average molecular weight is 441 g/mol. The summed E-state index contributed by atoms with van der Waals surface area (Å²) in [5.74, 6) is 3.50. The zero-order chi connectivity index (χ0) is 22.9. The van der Waals surface area contributed by atoms with Gasteiger partial charge in [-0.2, -0.15) is 0 Å². The summed E-state index contributed by atoms with van der Waals surface area (Å²) in [4.78, 5) is 12.6. The lowest BCUT2D eigenvalue weighted by molar-refractivity contribution is 0.102. The topological polar surface area (TPSA) is 17.1 Å². The third-order valence-corrected chi connectivity index (χ3v) is 13.1. The van der Waals surface area contributed by atoms with E-state index in [1.54, 1.807) is 0 Å².